The molecule has 1 saturated carbocycles. The molecule has 0 amide bonds. The molecule has 3 rings (SSSR count). The summed E-state index contributed by atoms with van der Waals surface area (Å²) in [4.78, 5) is 4.49. The Hall–Kier alpha value is -1.58. The van der Waals surface area contributed by atoms with Gasteiger partial charge in [-0.1, -0.05) is 17.7 Å². The Morgan fingerprint density at radius 2 is 2.11 bits per heavy atom. The molecular weight excluding hydrogens is 260 g/mol. The summed E-state index contributed by atoms with van der Waals surface area (Å²) < 4.78 is 5.21. The second-order valence-electron chi connectivity index (χ2n) is 4.86. The zero-order chi connectivity index (χ0) is 13.4. The molecule has 4 heteroatoms. The number of nitrogens with zero attached hydrogens (tertiary/aromatic N) is 1. The molecule has 3 nitrogen and oxygen atoms in total. The van der Waals surface area contributed by atoms with Gasteiger partial charge in [-0.05, 0) is 36.2 Å². The average Bonchev–Trinajstić information content (AvgIpc) is 3.15. The van der Waals surface area contributed by atoms with Crippen molar-refractivity contribution in [3.63, 3.8) is 0 Å². The van der Waals surface area contributed by atoms with Crippen molar-refractivity contribution in [3.8, 4) is 17.0 Å². The number of hydrogen-bond acceptors (Lipinski definition) is 3. The van der Waals surface area contributed by atoms with Crippen molar-refractivity contribution in [1.29, 1.82) is 0 Å². The topological polar surface area (TPSA) is 48.1 Å². The first-order valence-electron chi connectivity index (χ1n) is 6.24. The number of pyridine rings is 1. The van der Waals surface area contributed by atoms with Crippen LogP contribution in [0, 0.1) is 0 Å². The normalized spacial score (nSPS) is 21.2. The predicted molar refractivity (Wildman–Crippen MR) is 76.6 cm³/mol. The van der Waals surface area contributed by atoms with Gasteiger partial charge in [0.25, 0.3) is 0 Å². The highest BCUT2D eigenvalue weighted by Crippen LogP contribution is 2.39. The summed E-state index contributed by atoms with van der Waals surface area (Å²) in [6.07, 6.45) is 2.96. The van der Waals surface area contributed by atoms with Gasteiger partial charge >= 0.3 is 0 Å². The Morgan fingerprint density at radius 1 is 1.32 bits per heavy atom. The van der Waals surface area contributed by atoms with Crippen LogP contribution in [0.1, 0.15) is 17.9 Å². The third-order valence-corrected chi connectivity index (χ3v) is 3.68. The number of ether oxygens (including phenoxy) is 1. The molecule has 1 heterocycles. The number of hydrogen-bond donors (Lipinski definition) is 1. The lowest BCUT2D eigenvalue weighted by Gasteiger charge is -2.06. The molecular formula is C15H15ClN2O. The summed E-state index contributed by atoms with van der Waals surface area (Å²) in [5.41, 5.74) is 8.90. The molecule has 2 N–H and O–H groups in total. The van der Waals surface area contributed by atoms with E-state index in [1.807, 2.05) is 24.4 Å². The lowest BCUT2D eigenvalue weighted by molar-refractivity contribution is 0.415. The van der Waals surface area contributed by atoms with Crippen LogP contribution in [0.25, 0.3) is 11.3 Å². The van der Waals surface area contributed by atoms with Crippen molar-refractivity contribution in [2.45, 2.75) is 18.4 Å². The highest BCUT2D eigenvalue weighted by atomic mass is 35.5. The van der Waals surface area contributed by atoms with Crippen LogP contribution in [-0.2, 0) is 0 Å². The molecule has 0 bridgehead atoms. The van der Waals surface area contributed by atoms with Crippen LogP contribution < -0.4 is 10.5 Å². The first-order chi connectivity index (χ1) is 9.17. The molecule has 0 spiro atoms. The standard InChI is InChI=1S/C15H15ClN2O/c1-19-12-5-10(4-11(16)6-12)15-3-2-9(8-18-15)13-7-14(13)17/h2-6,8,13-14H,7,17H2,1H3. The van der Waals surface area contributed by atoms with E-state index in [-0.39, 0.29) is 0 Å². The van der Waals surface area contributed by atoms with E-state index in [1.54, 1.807) is 13.2 Å². The average molecular weight is 275 g/mol. The van der Waals surface area contributed by atoms with Gasteiger partial charge in [-0.2, -0.15) is 0 Å². The minimum absolute atomic E-state index is 0.305. The molecule has 2 atom stereocenters. The van der Waals surface area contributed by atoms with Crippen molar-refractivity contribution in [2.24, 2.45) is 5.73 Å². The zero-order valence-electron chi connectivity index (χ0n) is 10.6. The van der Waals surface area contributed by atoms with Crippen molar-refractivity contribution in [3.05, 3.63) is 47.1 Å². The number of halogens is 1. The zero-order valence-corrected chi connectivity index (χ0v) is 11.4. The molecule has 1 aliphatic carbocycles. The highest BCUT2D eigenvalue weighted by molar-refractivity contribution is 6.31. The number of benzene rings is 1. The predicted octanol–water partition coefficient (Wildman–Crippen LogP) is 3.23. The number of nitrogens with two attached hydrogens (primary N) is 1. The molecule has 0 aliphatic heterocycles. The highest BCUT2D eigenvalue weighted by Gasteiger charge is 2.34. The molecule has 0 saturated heterocycles. The van der Waals surface area contributed by atoms with Gasteiger partial charge in [0.15, 0.2) is 0 Å². The molecule has 1 aromatic heterocycles. The SMILES string of the molecule is COc1cc(Cl)cc(-c2ccc(C3CC3N)cn2)c1. The van der Waals surface area contributed by atoms with Gasteiger partial charge in [-0.25, -0.2) is 0 Å². The smallest absolute Gasteiger partial charge is 0.121 e. The Morgan fingerprint density at radius 3 is 2.68 bits per heavy atom. The van der Waals surface area contributed by atoms with Crippen LogP contribution in [-0.4, -0.2) is 18.1 Å². The molecule has 98 valence electrons. The summed E-state index contributed by atoms with van der Waals surface area (Å²) in [5.74, 6) is 1.22. The van der Waals surface area contributed by atoms with E-state index in [4.69, 9.17) is 22.1 Å². The van der Waals surface area contributed by atoms with Gasteiger partial charge in [0.1, 0.15) is 5.75 Å². The second kappa shape index (κ2) is 4.83. The van der Waals surface area contributed by atoms with E-state index in [9.17, 15) is 0 Å². The number of methoxy groups -OCH3 is 1. The van der Waals surface area contributed by atoms with E-state index in [0.717, 1.165) is 23.4 Å². The summed E-state index contributed by atoms with van der Waals surface area (Å²) in [6.45, 7) is 0. The molecule has 2 aromatic rings. The lowest BCUT2D eigenvalue weighted by Crippen LogP contribution is -2.01. The molecule has 1 aliphatic rings. The van der Waals surface area contributed by atoms with Gasteiger partial charge in [-0.15, -0.1) is 0 Å². The summed E-state index contributed by atoms with van der Waals surface area (Å²) in [6, 6.07) is 9.99. The number of aromatic nitrogens is 1. The Kier molecular flexibility index (Phi) is 3.17. The van der Waals surface area contributed by atoms with Crippen molar-refractivity contribution in [1.82, 2.24) is 4.98 Å². The van der Waals surface area contributed by atoms with Crippen LogP contribution in [0.5, 0.6) is 5.75 Å². The van der Waals surface area contributed by atoms with Crippen LogP contribution in [0.4, 0.5) is 0 Å². The van der Waals surface area contributed by atoms with Gasteiger partial charge in [0, 0.05) is 28.7 Å². The van der Waals surface area contributed by atoms with Crippen LogP contribution in [0.3, 0.4) is 0 Å². The van der Waals surface area contributed by atoms with Gasteiger partial charge in [0.05, 0.1) is 12.8 Å². The lowest BCUT2D eigenvalue weighted by atomic mass is 10.1. The first kappa shape index (κ1) is 12.5. The maximum Gasteiger partial charge on any atom is 0.121 e. The largest absolute Gasteiger partial charge is 0.497 e. The van der Waals surface area contributed by atoms with Crippen molar-refractivity contribution in [2.75, 3.05) is 7.11 Å². The van der Waals surface area contributed by atoms with Crippen LogP contribution in [0.2, 0.25) is 5.02 Å². The van der Waals surface area contributed by atoms with Gasteiger partial charge in [0.2, 0.25) is 0 Å². The maximum atomic E-state index is 6.07. The molecule has 1 aromatic carbocycles. The van der Waals surface area contributed by atoms with E-state index < -0.39 is 0 Å². The number of rotatable bonds is 3. The fraction of sp³-hybridized carbons (Fsp3) is 0.267. The van der Waals surface area contributed by atoms with Gasteiger partial charge < -0.3 is 10.5 Å². The van der Waals surface area contributed by atoms with Crippen molar-refractivity contribution >= 4 is 11.6 Å². The molecule has 19 heavy (non-hydrogen) atoms. The second-order valence-corrected chi connectivity index (χ2v) is 5.30. The molecule has 0 radical (unpaired) electrons. The summed E-state index contributed by atoms with van der Waals surface area (Å²) >= 11 is 6.07. The van der Waals surface area contributed by atoms with E-state index in [1.165, 1.54) is 5.56 Å². The first-order valence-corrected chi connectivity index (χ1v) is 6.61. The van der Waals surface area contributed by atoms with Crippen LogP contribution in [0.15, 0.2) is 36.5 Å². The summed E-state index contributed by atoms with van der Waals surface area (Å²) in [7, 11) is 1.63. The fourth-order valence-corrected chi connectivity index (χ4v) is 2.45. The Labute approximate surface area is 117 Å². The quantitative estimate of drug-likeness (QED) is 0.935. The molecule has 2 unspecified atom stereocenters. The Bertz CT molecular complexity index is 598. The summed E-state index contributed by atoms with van der Waals surface area (Å²) in [5, 5.41) is 0.643. The third-order valence-electron chi connectivity index (χ3n) is 3.46. The fourth-order valence-electron chi connectivity index (χ4n) is 2.22. The van der Waals surface area contributed by atoms with E-state index >= 15 is 0 Å². The minimum Gasteiger partial charge on any atom is -0.497 e. The van der Waals surface area contributed by atoms with Gasteiger partial charge in [-0.3, -0.25) is 4.98 Å². The van der Waals surface area contributed by atoms with Crippen molar-refractivity contribution < 1.29 is 4.74 Å². The van der Waals surface area contributed by atoms with E-state index in [2.05, 4.69) is 11.1 Å². The molecule has 1 fully saturated rings. The Balaban J connectivity index is 1.91. The maximum absolute atomic E-state index is 6.07. The third kappa shape index (κ3) is 2.57. The van der Waals surface area contributed by atoms with Crippen LogP contribution >= 0.6 is 11.6 Å². The van der Waals surface area contributed by atoms with E-state index in [0.29, 0.717) is 17.0 Å². The monoisotopic (exact) mass is 274 g/mol. The minimum atomic E-state index is 0.305.